The molecule has 4 nitrogen and oxygen atoms in total. The van der Waals surface area contributed by atoms with E-state index in [-0.39, 0.29) is 0 Å². The summed E-state index contributed by atoms with van der Waals surface area (Å²) in [5.74, 6) is 2.19. The van der Waals surface area contributed by atoms with Crippen molar-refractivity contribution in [2.75, 3.05) is 18.6 Å². The molecule has 0 radical (unpaired) electrons. The first kappa shape index (κ1) is 13.6. The van der Waals surface area contributed by atoms with Crippen LogP contribution >= 0.6 is 11.6 Å². The number of aromatic nitrogens is 2. The van der Waals surface area contributed by atoms with Gasteiger partial charge in [-0.3, -0.25) is 0 Å². The van der Waals surface area contributed by atoms with Crippen molar-refractivity contribution in [3.8, 4) is 0 Å². The average Bonchev–Trinajstić information content (AvgIpc) is 2.77. The number of nitrogens with zero attached hydrogens (tertiary/aromatic N) is 3. The van der Waals surface area contributed by atoms with Gasteiger partial charge in [0.15, 0.2) is 5.82 Å². The first-order valence-corrected chi connectivity index (χ1v) is 6.78. The molecule has 1 saturated heterocycles. The summed E-state index contributed by atoms with van der Waals surface area (Å²) in [7, 11) is 1.64. The number of halogens is 1. The van der Waals surface area contributed by atoms with Gasteiger partial charge >= 0.3 is 0 Å². The fourth-order valence-electron chi connectivity index (χ4n) is 2.56. The number of ether oxygens (including phenoxy) is 1. The molecule has 1 fully saturated rings. The van der Waals surface area contributed by atoms with E-state index < -0.39 is 0 Å². The maximum Gasteiger partial charge on any atom is 0.158 e. The molecule has 1 atom stereocenters. The molecule has 100 valence electrons. The van der Waals surface area contributed by atoms with E-state index in [2.05, 4.69) is 28.7 Å². The Labute approximate surface area is 113 Å². The molecule has 0 saturated carbocycles. The van der Waals surface area contributed by atoms with Crippen LogP contribution in [0.3, 0.4) is 0 Å². The molecule has 0 bridgehead atoms. The smallest absolute Gasteiger partial charge is 0.158 e. The predicted octanol–water partition coefficient (Wildman–Crippen LogP) is 2.90. The van der Waals surface area contributed by atoms with E-state index in [9.17, 15) is 0 Å². The Bertz CT molecular complexity index is 411. The van der Waals surface area contributed by atoms with E-state index >= 15 is 0 Å². The minimum Gasteiger partial charge on any atom is -0.377 e. The van der Waals surface area contributed by atoms with Gasteiger partial charge in [-0.1, -0.05) is 25.4 Å². The zero-order valence-electron chi connectivity index (χ0n) is 11.2. The second kappa shape index (κ2) is 5.85. The van der Waals surface area contributed by atoms with Crippen LogP contribution in [0.4, 0.5) is 5.82 Å². The van der Waals surface area contributed by atoms with Gasteiger partial charge in [0.05, 0.1) is 0 Å². The molecule has 1 aromatic rings. The van der Waals surface area contributed by atoms with Crippen molar-refractivity contribution < 1.29 is 4.74 Å². The topological polar surface area (TPSA) is 38.2 Å². The molecule has 2 heterocycles. The van der Waals surface area contributed by atoms with E-state index in [1.807, 2.05) is 6.07 Å². The van der Waals surface area contributed by atoms with E-state index in [4.69, 9.17) is 16.3 Å². The Hall–Kier alpha value is -0.870. The zero-order chi connectivity index (χ0) is 13.1. The van der Waals surface area contributed by atoms with Gasteiger partial charge < -0.3 is 9.64 Å². The largest absolute Gasteiger partial charge is 0.377 e. The molecular formula is C13H20ClN3O. The monoisotopic (exact) mass is 269 g/mol. The van der Waals surface area contributed by atoms with Crippen molar-refractivity contribution in [2.24, 2.45) is 5.92 Å². The van der Waals surface area contributed by atoms with Crippen molar-refractivity contribution >= 4 is 17.4 Å². The minimum atomic E-state index is 0.397. The lowest BCUT2D eigenvalue weighted by Gasteiger charge is -2.28. The number of anilines is 1. The number of rotatable bonds is 4. The molecular weight excluding hydrogens is 250 g/mol. The number of methoxy groups -OCH3 is 1. The van der Waals surface area contributed by atoms with Crippen molar-refractivity contribution in [1.29, 1.82) is 0 Å². The lowest BCUT2D eigenvalue weighted by Crippen LogP contribution is -2.34. The molecule has 18 heavy (non-hydrogen) atoms. The first-order chi connectivity index (χ1) is 8.61. The van der Waals surface area contributed by atoms with Crippen molar-refractivity contribution in [3.63, 3.8) is 0 Å². The van der Waals surface area contributed by atoms with Gasteiger partial charge in [-0.05, 0) is 18.8 Å². The van der Waals surface area contributed by atoms with Crippen molar-refractivity contribution in [1.82, 2.24) is 9.97 Å². The fourth-order valence-corrected chi connectivity index (χ4v) is 2.76. The highest BCUT2D eigenvalue weighted by atomic mass is 35.5. The van der Waals surface area contributed by atoms with Gasteiger partial charge in [0, 0.05) is 25.8 Å². The predicted molar refractivity (Wildman–Crippen MR) is 73.0 cm³/mol. The van der Waals surface area contributed by atoms with Crippen LogP contribution in [0.1, 0.15) is 32.5 Å². The summed E-state index contributed by atoms with van der Waals surface area (Å²) in [6.07, 6.45) is 2.43. The van der Waals surface area contributed by atoms with Gasteiger partial charge in [0.2, 0.25) is 0 Å². The van der Waals surface area contributed by atoms with Crippen LogP contribution in [-0.4, -0.2) is 29.7 Å². The molecule has 0 aliphatic carbocycles. The van der Waals surface area contributed by atoms with Crippen LogP contribution in [0.25, 0.3) is 0 Å². The molecule has 1 unspecified atom stereocenters. The first-order valence-electron chi connectivity index (χ1n) is 6.41. The summed E-state index contributed by atoms with van der Waals surface area (Å²) < 4.78 is 5.07. The van der Waals surface area contributed by atoms with Gasteiger partial charge in [-0.15, -0.1) is 0 Å². The van der Waals surface area contributed by atoms with E-state index in [0.29, 0.717) is 29.5 Å². The normalized spacial score (nSPS) is 19.8. The van der Waals surface area contributed by atoms with E-state index in [1.165, 1.54) is 12.8 Å². The fraction of sp³-hybridized carbons (Fsp3) is 0.692. The van der Waals surface area contributed by atoms with Gasteiger partial charge in [-0.25, -0.2) is 9.97 Å². The second-order valence-electron chi connectivity index (χ2n) is 5.05. The summed E-state index contributed by atoms with van der Waals surface area (Å²) in [6, 6.07) is 2.40. The van der Waals surface area contributed by atoms with Gasteiger partial charge in [0.25, 0.3) is 0 Å². The quantitative estimate of drug-likeness (QED) is 0.788. The second-order valence-corrected chi connectivity index (χ2v) is 5.43. The molecule has 1 aliphatic rings. The summed E-state index contributed by atoms with van der Waals surface area (Å²) in [5, 5.41) is 0.487. The summed E-state index contributed by atoms with van der Waals surface area (Å²) in [6.45, 7) is 5.94. The summed E-state index contributed by atoms with van der Waals surface area (Å²) >= 11 is 6.06. The maximum atomic E-state index is 6.06. The SMILES string of the molecule is COCc1nc(Cl)cc(N2CCCC2C(C)C)n1. The lowest BCUT2D eigenvalue weighted by molar-refractivity contribution is 0.178. The van der Waals surface area contributed by atoms with Crippen LogP contribution in [0.2, 0.25) is 5.15 Å². The third-order valence-corrected chi connectivity index (χ3v) is 3.56. The van der Waals surface area contributed by atoms with Crippen LogP contribution in [0.5, 0.6) is 0 Å². The Morgan fingerprint density at radius 2 is 2.28 bits per heavy atom. The third kappa shape index (κ3) is 2.93. The van der Waals surface area contributed by atoms with Crippen molar-refractivity contribution in [3.05, 3.63) is 17.0 Å². The standard InChI is InChI=1S/C13H20ClN3O/c1-9(2)10-5-4-6-17(10)13-7-11(14)15-12(16-13)8-18-3/h7,9-10H,4-6,8H2,1-3H3. The summed E-state index contributed by atoms with van der Waals surface area (Å²) in [4.78, 5) is 11.1. The highest BCUT2D eigenvalue weighted by Gasteiger charge is 2.28. The average molecular weight is 270 g/mol. The van der Waals surface area contributed by atoms with Gasteiger partial charge in [0.1, 0.15) is 17.6 Å². The summed E-state index contributed by atoms with van der Waals surface area (Å²) in [5.41, 5.74) is 0. The van der Waals surface area contributed by atoms with Crippen LogP contribution in [0.15, 0.2) is 6.07 Å². The van der Waals surface area contributed by atoms with Crippen LogP contribution < -0.4 is 4.90 Å². The number of hydrogen-bond donors (Lipinski definition) is 0. The third-order valence-electron chi connectivity index (χ3n) is 3.36. The van der Waals surface area contributed by atoms with E-state index in [1.54, 1.807) is 7.11 Å². The Morgan fingerprint density at radius 1 is 1.50 bits per heavy atom. The van der Waals surface area contributed by atoms with Crippen LogP contribution in [0, 0.1) is 5.92 Å². The Morgan fingerprint density at radius 3 is 2.94 bits per heavy atom. The highest BCUT2D eigenvalue weighted by molar-refractivity contribution is 6.29. The molecule has 1 aliphatic heterocycles. The van der Waals surface area contributed by atoms with Gasteiger partial charge in [-0.2, -0.15) is 0 Å². The Balaban J connectivity index is 2.26. The highest BCUT2D eigenvalue weighted by Crippen LogP contribution is 2.29. The zero-order valence-corrected chi connectivity index (χ0v) is 11.9. The van der Waals surface area contributed by atoms with Crippen LogP contribution in [-0.2, 0) is 11.3 Å². The molecule has 0 N–H and O–H groups in total. The Kier molecular flexibility index (Phi) is 4.40. The molecule has 0 amide bonds. The van der Waals surface area contributed by atoms with Crippen molar-refractivity contribution in [2.45, 2.75) is 39.3 Å². The molecule has 0 spiro atoms. The minimum absolute atomic E-state index is 0.397. The molecule has 0 aromatic carbocycles. The molecule has 1 aromatic heterocycles. The van der Waals surface area contributed by atoms with E-state index in [0.717, 1.165) is 12.4 Å². The lowest BCUT2D eigenvalue weighted by atomic mass is 10.0. The molecule has 5 heteroatoms. The maximum absolute atomic E-state index is 6.06. The molecule has 2 rings (SSSR count). The number of hydrogen-bond acceptors (Lipinski definition) is 4.